The standard InChI is InChI=1S/C14H19NO2.C2H7N/c1-2-3-13(16)11-4-6-12(7-5-11)14-10-15-8-9-17-14;1-3-2/h4-7,14-15H,2-3,8-10H2,1H3;3H,1-2H3. The van der Waals surface area contributed by atoms with Crippen LogP contribution in [0.4, 0.5) is 0 Å². The van der Waals surface area contributed by atoms with Crippen LogP contribution in [0.2, 0.25) is 0 Å². The van der Waals surface area contributed by atoms with E-state index in [4.69, 9.17) is 4.74 Å². The molecule has 4 heteroatoms. The first-order chi connectivity index (χ1) is 9.72. The van der Waals surface area contributed by atoms with Crippen LogP contribution in [0.5, 0.6) is 0 Å². The highest BCUT2D eigenvalue weighted by molar-refractivity contribution is 5.96. The molecule has 1 fully saturated rings. The normalized spacial score (nSPS) is 18.1. The number of rotatable bonds is 4. The average molecular weight is 278 g/mol. The van der Waals surface area contributed by atoms with Gasteiger partial charge < -0.3 is 15.4 Å². The summed E-state index contributed by atoms with van der Waals surface area (Å²) in [6, 6.07) is 7.82. The maximum absolute atomic E-state index is 11.7. The Labute approximate surface area is 121 Å². The van der Waals surface area contributed by atoms with Gasteiger partial charge in [-0.3, -0.25) is 4.79 Å². The Morgan fingerprint density at radius 1 is 1.35 bits per heavy atom. The lowest BCUT2D eigenvalue weighted by molar-refractivity contribution is 0.0277. The number of morpholine rings is 1. The van der Waals surface area contributed by atoms with Crippen molar-refractivity contribution in [3.8, 4) is 0 Å². The lowest BCUT2D eigenvalue weighted by Gasteiger charge is -2.24. The van der Waals surface area contributed by atoms with E-state index in [1.165, 1.54) is 0 Å². The molecule has 0 radical (unpaired) electrons. The smallest absolute Gasteiger partial charge is 0.162 e. The van der Waals surface area contributed by atoms with E-state index in [2.05, 4.69) is 10.6 Å². The number of hydrogen-bond acceptors (Lipinski definition) is 4. The van der Waals surface area contributed by atoms with Crippen molar-refractivity contribution in [2.24, 2.45) is 0 Å². The van der Waals surface area contributed by atoms with Crippen LogP contribution in [0.25, 0.3) is 0 Å². The Hall–Kier alpha value is -1.23. The average Bonchev–Trinajstić information content (AvgIpc) is 2.49. The van der Waals surface area contributed by atoms with E-state index < -0.39 is 0 Å². The Balaban J connectivity index is 0.000000612. The third kappa shape index (κ3) is 5.41. The van der Waals surface area contributed by atoms with Crippen LogP contribution >= 0.6 is 0 Å². The molecule has 20 heavy (non-hydrogen) atoms. The molecule has 2 N–H and O–H groups in total. The molecule has 1 aliphatic rings. The van der Waals surface area contributed by atoms with Crippen molar-refractivity contribution in [3.05, 3.63) is 35.4 Å². The predicted molar refractivity (Wildman–Crippen MR) is 82.2 cm³/mol. The molecule has 1 aliphatic heterocycles. The van der Waals surface area contributed by atoms with Crippen molar-refractivity contribution in [2.75, 3.05) is 33.8 Å². The van der Waals surface area contributed by atoms with Crippen LogP contribution < -0.4 is 10.6 Å². The molecule has 0 amide bonds. The molecule has 1 atom stereocenters. The van der Waals surface area contributed by atoms with Gasteiger partial charge in [-0.1, -0.05) is 31.2 Å². The molecule has 0 spiro atoms. The largest absolute Gasteiger partial charge is 0.371 e. The number of Topliss-reactive ketones (excluding diaryl/α,β-unsaturated/α-hetero) is 1. The predicted octanol–water partition coefficient (Wildman–Crippen LogP) is 2.17. The maximum atomic E-state index is 11.7. The lowest BCUT2D eigenvalue weighted by atomic mass is 10.0. The van der Waals surface area contributed by atoms with Gasteiger partial charge in [0.25, 0.3) is 0 Å². The van der Waals surface area contributed by atoms with Gasteiger partial charge in [-0.05, 0) is 26.1 Å². The van der Waals surface area contributed by atoms with Gasteiger partial charge in [0.2, 0.25) is 0 Å². The van der Waals surface area contributed by atoms with E-state index in [1.807, 2.05) is 45.3 Å². The first-order valence-electron chi connectivity index (χ1n) is 7.26. The van der Waals surface area contributed by atoms with Crippen molar-refractivity contribution in [1.29, 1.82) is 0 Å². The van der Waals surface area contributed by atoms with E-state index >= 15 is 0 Å². The van der Waals surface area contributed by atoms with Crippen LogP contribution in [0, 0.1) is 0 Å². The maximum Gasteiger partial charge on any atom is 0.162 e. The topological polar surface area (TPSA) is 50.4 Å². The number of carbonyl (C=O) groups is 1. The van der Waals surface area contributed by atoms with Crippen molar-refractivity contribution in [3.63, 3.8) is 0 Å². The highest BCUT2D eigenvalue weighted by Crippen LogP contribution is 2.19. The fourth-order valence-corrected chi connectivity index (χ4v) is 2.03. The fraction of sp³-hybridized carbons (Fsp3) is 0.562. The quantitative estimate of drug-likeness (QED) is 0.829. The van der Waals surface area contributed by atoms with Gasteiger partial charge in [0, 0.05) is 25.1 Å². The Kier molecular flexibility index (Phi) is 8.11. The number of ether oxygens (including phenoxy) is 1. The van der Waals surface area contributed by atoms with Crippen molar-refractivity contribution < 1.29 is 9.53 Å². The molecule has 1 unspecified atom stereocenters. The molecule has 4 nitrogen and oxygen atoms in total. The third-order valence-corrected chi connectivity index (χ3v) is 3.01. The summed E-state index contributed by atoms with van der Waals surface area (Å²) in [4.78, 5) is 11.7. The molecule has 112 valence electrons. The molecule has 0 bridgehead atoms. The molecule has 1 heterocycles. The second kappa shape index (κ2) is 9.64. The molecule has 1 aromatic rings. The Morgan fingerprint density at radius 2 is 2.00 bits per heavy atom. The Bertz CT molecular complexity index is 384. The van der Waals surface area contributed by atoms with Crippen molar-refractivity contribution in [2.45, 2.75) is 25.9 Å². The van der Waals surface area contributed by atoms with Crippen molar-refractivity contribution >= 4 is 5.78 Å². The van der Waals surface area contributed by atoms with Crippen LogP contribution in [0.15, 0.2) is 24.3 Å². The molecule has 1 saturated heterocycles. The number of hydrogen-bond donors (Lipinski definition) is 2. The summed E-state index contributed by atoms with van der Waals surface area (Å²) in [7, 11) is 3.75. The summed E-state index contributed by atoms with van der Waals surface area (Å²) in [5, 5.41) is 6.05. The molecular formula is C16H26N2O2. The summed E-state index contributed by atoms with van der Waals surface area (Å²) in [5.74, 6) is 0.224. The number of ketones is 1. The SMILES string of the molecule is CCCC(=O)c1ccc(C2CNCCO2)cc1.CNC. The van der Waals surface area contributed by atoms with Gasteiger partial charge in [-0.2, -0.15) is 0 Å². The van der Waals surface area contributed by atoms with Gasteiger partial charge in [0.05, 0.1) is 12.7 Å². The first kappa shape index (κ1) is 16.8. The van der Waals surface area contributed by atoms with Crippen LogP contribution in [-0.2, 0) is 4.74 Å². The fourth-order valence-electron chi connectivity index (χ4n) is 2.03. The van der Waals surface area contributed by atoms with E-state index in [9.17, 15) is 4.79 Å². The molecule has 0 saturated carbocycles. The second-order valence-electron chi connectivity index (χ2n) is 4.86. The number of nitrogens with one attached hydrogen (secondary N) is 2. The summed E-state index contributed by atoms with van der Waals surface area (Å²) >= 11 is 0. The summed E-state index contributed by atoms with van der Waals surface area (Å²) in [5.41, 5.74) is 1.95. The summed E-state index contributed by atoms with van der Waals surface area (Å²) in [6.07, 6.45) is 1.65. The zero-order chi connectivity index (χ0) is 14.8. The van der Waals surface area contributed by atoms with Crippen LogP contribution in [-0.4, -0.2) is 39.6 Å². The van der Waals surface area contributed by atoms with Crippen molar-refractivity contribution in [1.82, 2.24) is 10.6 Å². The van der Waals surface area contributed by atoms with E-state index in [-0.39, 0.29) is 11.9 Å². The minimum absolute atomic E-state index is 0.124. The van der Waals surface area contributed by atoms with Crippen LogP contribution in [0.1, 0.15) is 41.8 Å². The van der Waals surface area contributed by atoms with E-state index in [0.29, 0.717) is 6.42 Å². The Morgan fingerprint density at radius 3 is 2.50 bits per heavy atom. The highest BCUT2D eigenvalue weighted by atomic mass is 16.5. The zero-order valence-electron chi connectivity index (χ0n) is 12.7. The lowest BCUT2D eigenvalue weighted by Crippen LogP contribution is -2.33. The minimum Gasteiger partial charge on any atom is -0.371 e. The monoisotopic (exact) mass is 278 g/mol. The number of benzene rings is 1. The van der Waals surface area contributed by atoms with Gasteiger partial charge in [-0.15, -0.1) is 0 Å². The van der Waals surface area contributed by atoms with Gasteiger partial charge in [0.1, 0.15) is 0 Å². The summed E-state index contributed by atoms with van der Waals surface area (Å²) in [6.45, 7) is 4.54. The molecule has 1 aromatic carbocycles. The third-order valence-electron chi connectivity index (χ3n) is 3.01. The minimum atomic E-state index is 0.124. The van der Waals surface area contributed by atoms with E-state index in [0.717, 1.165) is 37.2 Å². The van der Waals surface area contributed by atoms with Gasteiger partial charge in [-0.25, -0.2) is 0 Å². The number of carbonyl (C=O) groups excluding carboxylic acids is 1. The van der Waals surface area contributed by atoms with Gasteiger partial charge >= 0.3 is 0 Å². The summed E-state index contributed by atoms with van der Waals surface area (Å²) < 4.78 is 5.66. The first-order valence-corrected chi connectivity index (χ1v) is 7.26. The highest BCUT2D eigenvalue weighted by Gasteiger charge is 2.15. The second-order valence-corrected chi connectivity index (χ2v) is 4.86. The zero-order valence-corrected chi connectivity index (χ0v) is 12.7. The van der Waals surface area contributed by atoms with Gasteiger partial charge in [0.15, 0.2) is 5.78 Å². The molecular weight excluding hydrogens is 252 g/mol. The molecule has 2 rings (SSSR count). The molecule has 0 aromatic heterocycles. The van der Waals surface area contributed by atoms with E-state index in [1.54, 1.807) is 0 Å². The van der Waals surface area contributed by atoms with Crippen LogP contribution in [0.3, 0.4) is 0 Å². The molecule has 0 aliphatic carbocycles.